The highest BCUT2D eigenvalue weighted by atomic mass is 32.2. The van der Waals surface area contributed by atoms with E-state index >= 15 is 0 Å². The predicted molar refractivity (Wildman–Crippen MR) is 111 cm³/mol. The molecule has 1 aliphatic heterocycles. The molecule has 1 aromatic rings. The number of benzene rings is 1. The maximum absolute atomic E-state index is 12.2. The van der Waals surface area contributed by atoms with Crippen molar-refractivity contribution in [1.29, 1.82) is 0 Å². The number of aliphatic imine (C=N–C) groups is 1. The van der Waals surface area contributed by atoms with Crippen LogP contribution in [0.1, 0.15) is 40.2 Å². The Kier molecular flexibility index (Phi) is 6.45. The fraction of sp³-hybridized carbons (Fsp3) is 0.650. The number of nitrogens with one attached hydrogen (secondary N) is 1. The highest BCUT2D eigenvalue weighted by Gasteiger charge is 2.40. The van der Waals surface area contributed by atoms with Crippen LogP contribution in [0.5, 0.6) is 5.75 Å². The normalized spacial score (nSPS) is 19.6. The lowest BCUT2D eigenvalue weighted by Gasteiger charge is -2.39. The molecular weight excluding hydrogens is 362 g/mol. The van der Waals surface area contributed by atoms with Gasteiger partial charge in [-0.2, -0.15) is 0 Å². The average Bonchev–Trinajstić information content (AvgIpc) is 2.57. The fourth-order valence-electron chi connectivity index (χ4n) is 3.04. The molecule has 0 saturated carbocycles. The van der Waals surface area contributed by atoms with E-state index in [1.54, 1.807) is 20.9 Å². The van der Waals surface area contributed by atoms with E-state index in [-0.39, 0.29) is 11.2 Å². The molecule has 1 heterocycles. The molecule has 6 nitrogen and oxygen atoms in total. The van der Waals surface area contributed by atoms with E-state index in [2.05, 4.69) is 43.2 Å². The van der Waals surface area contributed by atoms with Gasteiger partial charge in [0.15, 0.2) is 15.8 Å². The van der Waals surface area contributed by atoms with E-state index in [1.165, 1.54) is 5.56 Å². The molecule has 1 saturated heterocycles. The Bertz CT molecular complexity index is 763. The van der Waals surface area contributed by atoms with Crippen molar-refractivity contribution in [2.45, 2.75) is 44.8 Å². The van der Waals surface area contributed by atoms with Crippen LogP contribution >= 0.6 is 0 Å². The monoisotopic (exact) mass is 395 g/mol. The van der Waals surface area contributed by atoms with E-state index in [4.69, 9.17) is 4.74 Å². The Labute approximate surface area is 163 Å². The van der Waals surface area contributed by atoms with Crippen LogP contribution in [0, 0.1) is 0 Å². The second-order valence-electron chi connectivity index (χ2n) is 8.60. The second kappa shape index (κ2) is 8.09. The Hall–Kier alpha value is -1.76. The van der Waals surface area contributed by atoms with Crippen molar-refractivity contribution in [2.24, 2.45) is 4.99 Å². The van der Waals surface area contributed by atoms with Crippen molar-refractivity contribution >= 4 is 15.8 Å². The van der Waals surface area contributed by atoms with Gasteiger partial charge in [0, 0.05) is 20.1 Å². The SMILES string of the molecule is CN=C(NCCOc1ccc(C(C)(C)C)cc1)N1CCS(=O)(=O)C(C)(C)C1. The number of hydrogen-bond donors (Lipinski definition) is 1. The van der Waals surface area contributed by atoms with Gasteiger partial charge in [0.1, 0.15) is 12.4 Å². The zero-order valence-electron chi connectivity index (χ0n) is 17.4. The number of nitrogens with zero attached hydrogens (tertiary/aromatic N) is 2. The number of rotatable bonds is 4. The summed E-state index contributed by atoms with van der Waals surface area (Å²) >= 11 is 0. The third-order valence-corrected chi connectivity index (χ3v) is 7.46. The Morgan fingerprint density at radius 2 is 1.89 bits per heavy atom. The topological polar surface area (TPSA) is 71.0 Å². The van der Waals surface area contributed by atoms with Crippen LogP contribution < -0.4 is 10.1 Å². The van der Waals surface area contributed by atoms with Crippen LogP contribution in [-0.2, 0) is 15.3 Å². The van der Waals surface area contributed by atoms with Crippen LogP contribution in [0.3, 0.4) is 0 Å². The molecular formula is C20H33N3O3S. The number of ether oxygens (including phenoxy) is 1. The quantitative estimate of drug-likeness (QED) is 0.482. The molecule has 152 valence electrons. The lowest BCUT2D eigenvalue weighted by Crippen LogP contribution is -2.57. The summed E-state index contributed by atoms with van der Waals surface area (Å²) in [6.45, 7) is 12.1. The minimum atomic E-state index is -3.06. The minimum Gasteiger partial charge on any atom is -0.492 e. The van der Waals surface area contributed by atoms with E-state index < -0.39 is 14.6 Å². The van der Waals surface area contributed by atoms with Crippen LogP contribution in [-0.4, -0.2) is 63.1 Å². The molecule has 0 unspecified atom stereocenters. The molecule has 0 amide bonds. The summed E-state index contributed by atoms with van der Waals surface area (Å²) in [5.74, 6) is 1.70. The molecule has 1 aromatic carbocycles. The van der Waals surface area contributed by atoms with Gasteiger partial charge in [0.2, 0.25) is 0 Å². The number of guanidine groups is 1. The van der Waals surface area contributed by atoms with Gasteiger partial charge in [-0.25, -0.2) is 8.42 Å². The van der Waals surface area contributed by atoms with Crippen molar-refractivity contribution in [3.8, 4) is 5.75 Å². The van der Waals surface area contributed by atoms with Crippen molar-refractivity contribution in [3.63, 3.8) is 0 Å². The molecule has 1 N–H and O–H groups in total. The second-order valence-corrected chi connectivity index (χ2v) is 11.3. The zero-order valence-corrected chi connectivity index (χ0v) is 18.2. The Morgan fingerprint density at radius 3 is 2.41 bits per heavy atom. The fourth-order valence-corrected chi connectivity index (χ4v) is 4.41. The van der Waals surface area contributed by atoms with Crippen molar-refractivity contribution in [3.05, 3.63) is 29.8 Å². The first-order valence-corrected chi connectivity index (χ1v) is 11.0. The molecule has 1 aliphatic rings. The molecule has 2 rings (SSSR count). The molecule has 0 aliphatic carbocycles. The van der Waals surface area contributed by atoms with Crippen molar-refractivity contribution in [2.75, 3.05) is 39.0 Å². The molecule has 27 heavy (non-hydrogen) atoms. The molecule has 0 radical (unpaired) electrons. The lowest BCUT2D eigenvalue weighted by molar-refractivity contribution is 0.313. The molecule has 0 atom stereocenters. The van der Waals surface area contributed by atoms with Crippen molar-refractivity contribution in [1.82, 2.24) is 10.2 Å². The molecule has 0 spiro atoms. The standard InChI is InChI=1S/C20H33N3O3S/c1-19(2,3)16-7-9-17(10-8-16)26-13-11-22-18(21-6)23-12-14-27(24,25)20(4,5)15-23/h7-10H,11-15H2,1-6H3,(H,21,22). The largest absolute Gasteiger partial charge is 0.492 e. The maximum atomic E-state index is 12.2. The van der Waals surface area contributed by atoms with Gasteiger partial charge >= 0.3 is 0 Å². The highest BCUT2D eigenvalue weighted by Crippen LogP contribution is 2.25. The van der Waals surface area contributed by atoms with Crippen LogP contribution in [0.15, 0.2) is 29.3 Å². The van der Waals surface area contributed by atoms with Crippen LogP contribution in [0.4, 0.5) is 0 Å². The van der Waals surface area contributed by atoms with Gasteiger partial charge in [-0.3, -0.25) is 4.99 Å². The van der Waals surface area contributed by atoms with Gasteiger partial charge in [0.05, 0.1) is 17.0 Å². The summed E-state index contributed by atoms with van der Waals surface area (Å²) < 4.78 is 29.3. The van der Waals surface area contributed by atoms with E-state index in [1.807, 2.05) is 17.0 Å². The predicted octanol–water partition coefficient (Wildman–Crippen LogP) is 2.45. The summed E-state index contributed by atoms with van der Waals surface area (Å²) in [6, 6.07) is 8.18. The number of sulfone groups is 1. The third kappa shape index (κ3) is 5.37. The molecule has 7 heteroatoms. The lowest BCUT2D eigenvalue weighted by atomic mass is 9.87. The van der Waals surface area contributed by atoms with E-state index in [0.29, 0.717) is 32.2 Å². The first-order chi connectivity index (χ1) is 12.5. The van der Waals surface area contributed by atoms with Crippen molar-refractivity contribution < 1.29 is 13.2 Å². The summed E-state index contributed by atoms with van der Waals surface area (Å²) in [5, 5.41) is 3.27. The van der Waals surface area contributed by atoms with Crippen LogP contribution in [0.25, 0.3) is 0 Å². The smallest absolute Gasteiger partial charge is 0.193 e. The van der Waals surface area contributed by atoms with Gasteiger partial charge in [0.25, 0.3) is 0 Å². The van der Waals surface area contributed by atoms with Gasteiger partial charge in [-0.1, -0.05) is 32.9 Å². The van der Waals surface area contributed by atoms with E-state index in [9.17, 15) is 8.42 Å². The minimum absolute atomic E-state index is 0.127. The summed E-state index contributed by atoms with van der Waals surface area (Å²) in [6.07, 6.45) is 0. The average molecular weight is 396 g/mol. The van der Waals surface area contributed by atoms with Gasteiger partial charge in [-0.05, 0) is 37.0 Å². The summed E-state index contributed by atoms with van der Waals surface area (Å²) in [4.78, 5) is 6.29. The molecule has 1 fully saturated rings. The first-order valence-electron chi connectivity index (χ1n) is 9.37. The Morgan fingerprint density at radius 1 is 1.26 bits per heavy atom. The third-order valence-electron chi connectivity index (χ3n) is 4.93. The van der Waals surface area contributed by atoms with Gasteiger partial charge in [-0.15, -0.1) is 0 Å². The van der Waals surface area contributed by atoms with Crippen LogP contribution in [0.2, 0.25) is 0 Å². The molecule has 0 bridgehead atoms. The van der Waals surface area contributed by atoms with E-state index in [0.717, 1.165) is 5.75 Å². The summed E-state index contributed by atoms with van der Waals surface area (Å²) in [7, 11) is -1.35. The highest BCUT2D eigenvalue weighted by molar-refractivity contribution is 7.92. The summed E-state index contributed by atoms with van der Waals surface area (Å²) in [5.41, 5.74) is 1.40. The number of hydrogen-bond acceptors (Lipinski definition) is 4. The first kappa shape index (κ1) is 21.5. The van der Waals surface area contributed by atoms with Gasteiger partial charge < -0.3 is 15.0 Å². The zero-order chi connectivity index (χ0) is 20.3. The maximum Gasteiger partial charge on any atom is 0.193 e. The Balaban J connectivity index is 1.84. The molecule has 0 aromatic heterocycles.